The van der Waals surface area contributed by atoms with Crippen LogP contribution >= 0.6 is 27.5 Å². The molecular formula is C22H15BrClN5O6. The second kappa shape index (κ2) is 10.1. The Kier molecular flexibility index (Phi) is 6.94. The van der Waals surface area contributed by atoms with Gasteiger partial charge in [-0.3, -0.25) is 14.9 Å². The Morgan fingerprint density at radius 3 is 2.74 bits per heavy atom. The summed E-state index contributed by atoms with van der Waals surface area (Å²) in [7, 11) is 0. The lowest BCUT2D eigenvalue weighted by molar-refractivity contribution is -0.385. The molecule has 2 aromatic carbocycles. The summed E-state index contributed by atoms with van der Waals surface area (Å²) in [5, 5.41) is 15.3. The van der Waals surface area contributed by atoms with E-state index in [-0.39, 0.29) is 34.7 Å². The van der Waals surface area contributed by atoms with E-state index in [2.05, 4.69) is 31.0 Å². The molecule has 0 fully saturated rings. The van der Waals surface area contributed by atoms with Gasteiger partial charge in [-0.25, -0.2) is 9.78 Å². The van der Waals surface area contributed by atoms with E-state index < -0.39 is 16.2 Å². The van der Waals surface area contributed by atoms with Crippen LogP contribution < -0.4 is 20.7 Å². The molecule has 2 heterocycles. The third-order valence-corrected chi connectivity index (χ3v) is 6.13. The summed E-state index contributed by atoms with van der Waals surface area (Å²) in [5.74, 6) is 0.391. The highest BCUT2D eigenvalue weighted by atomic mass is 79.9. The number of nitrogens with zero attached hydrogens (tertiary/aromatic N) is 4. The molecule has 4 rings (SSSR count). The monoisotopic (exact) mass is 559 g/mol. The van der Waals surface area contributed by atoms with Crippen molar-refractivity contribution in [3.63, 3.8) is 0 Å². The Morgan fingerprint density at radius 1 is 1.29 bits per heavy atom. The Bertz CT molecular complexity index is 1580. The minimum atomic E-state index is -0.707. The van der Waals surface area contributed by atoms with Crippen molar-refractivity contribution in [2.75, 3.05) is 6.61 Å². The highest BCUT2D eigenvalue weighted by Gasteiger charge is 2.19. The van der Waals surface area contributed by atoms with Crippen molar-refractivity contribution in [3.05, 3.63) is 94.7 Å². The molecule has 1 N–H and O–H groups in total. The van der Waals surface area contributed by atoms with Crippen LogP contribution in [0.3, 0.4) is 0 Å². The number of hydrogen-bond acceptors (Lipinski definition) is 8. The number of ether oxygens (including phenoxy) is 2. The number of nitro groups is 1. The summed E-state index contributed by atoms with van der Waals surface area (Å²) in [5.41, 5.74) is -0.696. The Balaban J connectivity index is 1.74. The van der Waals surface area contributed by atoms with Crippen LogP contribution in [0.4, 0.5) is 5.69 Å². The number of fused-ring (bicyclic) bond motifs is 1. The molecule has 0 bridgehead atoms. The minimum absolute atomic E-state index is 0.0565. The molecule has 0 aliphatic heterocycles. The molecule has 2 aromatic heterocycles. The van der Waals surface area contributed by atoms with E-state index in [4.69, 9.17) is 21.1 Å². The van der Waals surface area contributed by atoms with Crippen molar-refractivity contribution in [1.82, 2.24) is 14.6 Å². The van der Waals surface area contributed by atoms with Crippen molar-refractivity contribution in [3.8, 4) is 17.4 Å². The summed E-state index contributed by atoms with van der Waals surface area (Å²) in [6.07, 6.45) is 2.33. The predicted molar refractivity (Wildman–Crippen MR) is 133 cm³/mol. The van der Waals surface area contributed by atoms with Crippen LogP contribution in [-0.4, -0.2) is 32.4 Å². The molecule has 11 nitrogen and oxygen atoms in total. The fourth-order valence-electron chi connectivity index (χ4n) is 3.08. The van der Waals surface area contributed by atoms with Crippen molar-refractivity contribution in [2.45, 2.75) is 6.92 Å². The first-order valence-corrected chi connectivity index (χ1v) is 11.2. The van der Waals surface area contributed by atoms with Crippen molar-refractivity contribution >= 4 is 50.3 Å². The van der Waals surface area contributed by atoms with Gasteiger partial charge in [0.25, 0.3) is 11.2 Å². The SMILES string of the molecule is CCOc1cc(C=Nn2c(=O)[nH]c3ccccc3c2=O)c(Br)c(Cl)c1Oc1ccc([N+](=O)[O-])cn1. The van der Waals surface area contributed by atoms with Gasteiger partial charge in [-0.1, -0.05) is 23.7 Å². The lowest BCUT2D eigenvalue weighted by atomic mass is 10.2. The number of aromatic amines is 1. The van der Waals surface area contributed by atoms with E-state index >= 15 is 0 Å². The van der Waals surface area contributed by atoms with Crippen LogP contribution in [0.25, 0.3) is 10.9 Å². The van der Waals surface area contributed by atoms with Crippen LogP contribution in [0.5, 0.6) is 17.4 Å². The average molecular weight is 561 g/mol. The van der Waals surface area contributed by atoms with Gasteiger partial charge in [0, 0.05) is 22.2 Å². The van der Waals surface area contributed by atoms with E-state index in [9.17, 15) is 19.7 Å². The molecule has 0 saturated carbocycles. The summed E-state index contributed by atoms with van der Waals surface area (Å²) < 4.78 is 12.4. The van der Waals surface area contributed by atoms with Crippen LogP contribution in [0.1, 0.15) is 12.5 Å². The van der Waals surface area contributed by atoms with Crippen LogP contribution in [-0.2, 0) is 0 Å². The quantitative estimate of drug-likeness (QED) is 0.199. The first-order valence-electron chi connectivity index (χ1n) is 10.0. The van der Waals surface area contributed by atoms with Crippen LogP contribution in [0.2, 0.25) is 5.02 Å². The van der Waals surface area contributed by atoms with Gasteiger partial charge in [-0.05, 0) is 41.1 Å². The van der Waals surface area contributed by atoms with Gasteiger partial charge in [0.1, 0.15) is 11.2 Å². The molecule has 0 spiro atoms. The van der Waals surface area contributed by atoms with Crippen molar-refractivity contribution < 1.29 is 14.4 Å². The maximum absolute atomic E-state index is 12.7. The maximum Gasteiger partial charge on any atom is 0.349 e. The zero-order valence-corrected chi connectivity index (χ0v) is 20.2. The van der Waals surface area contributed by atoms with Gasteiger partial charge >= 0.3 is 5.69 Å². The number of pyridine rings is 1. The summed E-state index contributed by atoms with van der Waals surface area (Å²) in [4.78, 5) is 41.9. The molecule has 13 heteroatoms. The zero-order chi connectivity index (χ0) is 25.1. The lowest BCUT2D eigenvalue weighted by Gasteiger charge is -2.15. The van der Waals surface area contributed by atoms with E-state index in [1.165, 1.54) is 18.3 Å². The minimum Gasteiger partial charge on any atom is -0.490 e. The highest BCUT2D eigenvalue weighted by Crippen LogP contribution is 2.44. The van der Waals surface area contributed by atoms with Crippen LogP contribution in [0, 0.1) is 10.1 Å². The topological polar surface area (TPSA) is 142 Å². The molecule has 0 unspecified atom stereocenters. The van der Waals surface area contributed by atoms with Gasteiger partial charge in [-0.2, -0.15) is 5.10 Å². The molecule has 0 aliphatic rings. The third-order valence-electron chi connectivity index (χ3n) is 4.69. The fourth-order valence-corrected chi connectivity index (χ4v) is 3.72. The summed E-state index contributed by atoms with van der Waals surface area (Å²) in [6, 6.07) is 10.7. The second-order valence-electron chi connectivity index (χ2n) is 6.91. The Morgan fingerprint density at radius 2 is 2.06 bits per heavy atom. The molecule has 0 amide bonds. The largest absolute Gasteiger partial charge is 0.490 e. The van der Waals surface area contributed by atoms with Gasteiger partial charge < -0.3 is 14.5 Å². The third kappa shape index (κ3) is 4.93. The van der Waals surface area contributed by atoms with Crippen LogP contribution in [0.15, 0.2) is 67.8 Å². The number of hydrogen-bond donors (Lipinski definition) is 1. The number of para-hydroxylation sites is 1. The van der Waals surface area contributed by atoms with Crippen molar-refractivity contribution in [1.29, 1.82) is 0 Å². The average Bonchev–Trinajstić information content (AvgIpc) is 2.84. The Labute approximate surface area is 209 Å². The number of H-pyrrole nitrogens is 1. The van der Waals surface area contributed by atoms with Crippen molar-refractivity contribution in [2.24, 2.45) is 5.10 Å². The molecule has 4 aromatic rings. The summed E-state index contributed by atoms with van der Waals surface area (Å²) in [6.45, 7) is 2.02. The first-order chi connectivity index (χ1) is 16.8. The smallest absolute Gasteiger partial charge is 0.349 e. The molecule has 0 radical (unpaired) electrons. The lowest BCUT2D eigenvalue weighted by Crippen LogP contribution is -2.32. The molecule has 35 heavy (non-hydrogen) atoms. The van der Waals surface area contributed by atoms with E-state index in [1.54, 1.807) is 37.3 Å². The molecule has 178 valence electrons. The van der Waals surface area contributed by atoms with Gasteiger partial charge in [-0.15, -0.1) is 4.68 Å². The number of rotatable bonds is 7. The number of aromatic nitrogens is 3. The number of halogens is 2. The molecule has 0 atom stereocenters. The first kappa shape index (κ1) is 24.1. The zero-order valence-electron chi connectivity index (χ0n) is 17.9. The van der Waals surface area contributed by atoms with E-state index in [1.807, 2.05) is 0 Å². The predicted octanol–water partition coefficient (Wildman–Crippen LogP) is 4.48. The standard InChI is InChI=1S/C22H15BrClN5O6/c1-2-34-16-9-12(10-26-28-21(30)14-5-3-4-6-15(14)27-22(28)31)18(23)19(24)20(16)35-17-8-7-13(11-25-17)29(32)33/h3-11H,2H2,1H3,(H,27,31). The van der Waals surface area contributed by atoms with E-state index in [0.717, 1.165) is 6.20 Å². The van der Waals surface area contributed by atoms with Gasteiger partial charge in [0.15, 0.2) is 11.5 Å². The van der Waals surface area contributed by atoms with Gasteiger partial charge in [0.2, 0.25) is 5.88 Å². The summed E-state index contributed by atoms with van der Waals surface area (Å²) >= 11 is 9.88. The molecule has 0 aliphatic carbocycles. The fraction of sp³-hybridized carbons (Fsp3) is 0.0909. The number of nitrogens with one attached hydrogen (secondary N) is 1. The highest BCUT2D eigenvalue weighted by molar-refractivity contribution is 9.10. The maximum atomic E-state index is 12.7. The normalized spacial score (nSPS) is 11.2. The second-order valence-corrected chi connectivity index (χ2v) is 8.08. The number of benzene rings is 2. The van der Waals surface area contributed by atoms with E-state index in [0.29, 0.717) is 25.6 Å². The van der Waals surface area contributed by atoms with Gasteiger partial charge in [0.05, 0.1) is 28.6 Å². The molecular weight excluding hydrogens is 546 g/mol. The Hall–Kier alpha value is -4.03. The molecule has 0 saturated heterocycles.